The quantitative estimate of drug-likeness (QED) is 0.236. The van der Waals surface area contributed by atoms with Crippen LogP contribution in [0.4, 0.5) is 16.2 Å². The van der Waals surface area contributed by atoms with E-state index in [1.165, 1.54) is 23.7 Å². The van der Waals surface area contributed by atoms with Gasteiger partial charge in [-0.3, -0.25) is 19.1 Å². The molecule has 4 aromatic rings. The number of aromatic nitrogens is 2. The maximum Gasteiger partial charge on any atom is 0.327 e. The smallest absolute Gasteiger partial charge is 0.327 e. The van der Waals surface area contributed by atoms with E-state index >= 15 is 0 Å². The lowest BCUT2D eigenvalue weighted by Gasteiger charge is -2.31. The van der Waals surface area contributed by atoms with Crippen LogP contribution < -0.4 is 25.2 Å². The molecule has 214 valence electrons. The van der Waals surface area contributed by atoms with Gasteiger partial charge in [-0.1, -0.05) is 29.8 Å². The number of rotatable bonds is 10. The molecule has 0 radical (unpaired) electrons. The lowest BCUT2D eigenvalue weighted by Crippen LogP contribution is -2.40. The Labute approximate surface area is 242 Å². The third-order valence-electron chi connectivity index (χ3n) is 6.44. The van der Waals surface area contributed by atoms with E-state index in [0.717, 1.165) is 0 Å². The average molecular weight is 579 g/mol. The van der Waals surface area contributed by atoms with Gasteiger partial charge in [0.05, 0.1) is 49.9 Å². The zero-order valence-corrected chi connectivity index (χ0v) is 24.0. The van der Waals surface area contributed by atoms with Crippen LogP contribution in [0, 0.1) is 0 Å². The molecule has 0 bridgehead atoms. The lowest BCUT2D eigenvalue weighted by atomic mass is 10.1. The predicted molar refractivity (Wildman–Crippen MR) is 158 cm³/mol. The van der Waals surface area contributed by atoms with Gasteiger partial charge in [0.25, 0.3) is 5.56 Å². The van der Waals surface area contributed by atoms with Crippen LogP contribution in [-0.2, 0) is 16.1 Å². The molecule has 1 unspecified atom stereocenters. The number of amides is 2. The normalized spacial score (nSPS) is 11.5. The molecule has 11 heteroatoms. The molecule has 2 amide bonds. The molecule has 1 N–H and O–H groups in total. The van der Waals surface area contributed by atoms with Crippen LogP contribution in [-0.4, -0.2) is 42.4 Å². The second-order valence-corrected chi connectivity index (χ2v) is 9.46. The first-order valence-corrected chi connectivity index (χ1v) is 13.4. The first-order chi connectivity index (χ1) is 19.8. The molecule has 10 nitrogen and oxygen atoms in total. The maximum absolute atomic E-state index is 14.0. The number of anilines is 2. The third kappa shape index (κ3) is 6.60. The van der Waals surface area contributed by atoms with Crippen molar-refractivity contribution in [3.8, 4) is 11.5 Å². The number of nitrogens with one attached hydrogen (secondary N) is 1. The minimum Gasteiger partial charge on any atom is -0.497 e. The van der Waals surface area contributed by atoms with Crippen molar-refractivity contribution in [2.75, 3.05) is 31.0 Å². The van der Waals surface area contributed by atoms with Gasteiger partial charge >= 0.3 is 12.0 Å². The molecule has 4 rings (SSSR count). The number of benzene rings is 3. The molecule has 0 aliphatic carbocycles. The van der Waals surface area contributed by atoms with E-state index < -0.39 is 18.0 Å². The Morgan fingerprint density at radius 3 is 2.54 bits per heavy atom. The van der Waals surface area contributed by atoms with Gasteiger partial charge in [0.2, 0.25) is 0 Å². The number of halogens is 1. The standard InChI is InChI=1S/C30H31ClN4O6/c1-5-41-27(36)15-16-34-28(33-24-12-7-6-11-23(24)29(34)37)19(2)35(25-14-13-22(39-3)18-26(25)40-4)30(38)32-21-10-8-9-20(31)17-21/h6-14,17-19H,5,15-16H2,1-4H3,(H,32,38). The fourth-order valence-electron chi connectivity index (χ4n) is 4.50. The summed E-state index contributed by atoms with van der Waals surface area (Å²) in [7, 11) is 3.02. The van der Waals surface area contributed by atoms with Crippen molar-refractivity contribution in [1.82, 2.24) is 9.55 Å². The van der Waals surface area contributed by atoms with Crippen molar-refractivity contribution in [2.24, 2.45) is 0 Å². The molecule has 0 saturated heterocycles. The fraction of sp³-hybridized carbons (Fsp3) is 0.267. The van der Waals surface area contributed by atoms with E-state index in [-0.39, 0.29) is 31.0 Å². The minimum atomic E-state index is -0.809. The number of ether oxygens (including phenoxy) is 3. The van der Waals surface area contributed by atoms with Gasteiger partial charge in [0.15, 0.2) is 0 Å². The number of para-hydroxylation sites is 1. The van der Waals surface area contributed by atoms with Gasteiger partial charge in [-0.2, -0.15) is 0 Å². The van der Waals surface area contributed by atoms with E-state index in [2.05, 4.69) is 5.32 Å². The number of methoxy groups -OCH3 is 2. The van der Waals surface area contributed by atoms with Gasteiger partial charge in [0, 0.05) is 23.3 Å². The molecular weight excluding hydrogens is 548 g/mol. The number of carbonyl (C=O) groups is 2. The van der Waals surface area contributed by atoms with Crippen molar-refractivity contribution >= 4 is 45.9 Å². The highest BCUT2D eigenvalue weighted by Gasteiger charge is 2.30. The largest absolute Gasteiger partial charge is 0.497 e. The summed E-state index contributed by atoms with van der Waals surface area (Å²) in [6, 6.07) is 17.4. The number of esters is 1. The van der Waals surface area contributed by atoms with Crippen molar-refractivity contribution in [2.45, 2.75) is 32.9 Å². The van der Waals surface area contributed by atoms with Gasteiger partial charge in [-0.25, -0.2) is 9.78 Å². The molecule has 3 aromatic carbocycles. The molecule has 41 heavy (non-hydrogen) atoms. The topological polar surface area (TPSA) is 112 Å². The SMILES string of the molecule is CCOC(=O)CCn1c(C(C)N(C(=O)Nc2cccc(Cl)c2)c2ccc(OC)cc2OC)nc2ccccc2c1=O. The first kappa shape index (κ1) is 29.4. The molecule has 1 heterocycles. The molecule has 0 fully saturated rings. The molecular formula is C30H31ClN4O6. The summed E-state index contributed by atoms with van der Waals surface area (Å²) >= 11 is 6.16. The lowest BCUT2D eigenvalue weighted by molar-refractivity contribution is -0.143. The fourth-order valence-corrected chi connectivity index (χ4v) is 4.69. The Morgan fingerprint density at radius 1 is 1.05 bits per heavy atom. The molecule has 1 atom stereocenters. The summed E-state index contributed by atoms with van der Waals surface area (Å²) in [4.78, 5) is 46.1. The molecule has 0 aliphatic heterocycles. The van der Waals surface area contributed by atoms with Crippen molar-refractivity contribution in [1.29, 1.82) is 0 Å². The maximum atomic E-state index is 14.0. The summed E-state index contributed by atoms with van der Waals surface area (Å²) in [6.45, 7) is 3.70. The van der Waals surface area contributed by atoms with Crippen LogP contribution in [0.3, 0.4) is 0 Å². The Hall–Kier alpha value is -4.57. The van der Waals surface area contributed by atoms with Crippen LogP contribution in [0.15, 0.2) is 71.5 Å². The first-order valence-electron chi connectivity index (χ1n) is 13.0. The summed E-state index contributed by atoms with van der Waals surface area (Å²) in [5.74, 6) is 0.720. The number of hydrogen-bond donors (Lipinski definition) is 1. The van der Waals surface area contributed by atoms with E-state index in [4.69, 9.17) is 30.8 Å². The monoisotopic (exact) mass is 578 g/mol. The van der Waals surface area contributed by atoms with E-state index in [1.807, 2.05) is 0 Å². The van der Waals surface area contributed by atoms with Gasteiger partial charge < -0.3 is 19.5 Å². The number of carbonyl (C=O) groups excluding carboxylic acids is 2. The van der Waals surface area contributed by atoms with Crippen molar-refractivity contribution in [3.63, 3.8) is 0 Å². The zero-order valence-electron chi connectivity index (χ0n) is 23.2. The molecule has 0 aliphatic rings. The summed E-state index contributed by atoms with van der Waals surface area (Å²) in [6.07, 6.45) is -0.0476. The molecule has 1 aromatic heterocycles. The Kier molecular flexibility index (Phi) is 9.46. The highest BCUT2D eigenvalue weighted by Crippen LogP contribution is 2.37. The van der Waals surface area contributed by atoms with Crippen molar-refractivity contribution in [3.05, 3.63) is 87.9 Å². The van der Waals surface area contributed by atoms with Crippen LogP contribution in [0.5, 0.6) is 11.5 Å². The Balaban J connectivity index is 1.88. The van der Waals surface area contributed by atoms with E-state index in [0.29, 0.717) is 38.8 Å². The highest BCUT2D eigenvalue weighted by atomic mass is 35.5. The zero-order chi connectivity index (χ0) is 29.5. The van der Waals surface area contributed by atoms with E-state index in [9.17, 15) is 14.4 Å². The van der Waals surface area contributed by atoms with Gasteiger partial charge in [0.1, 0.15) is 17.3 Å². The molecule has 0 spiro atoms. The highest BCUT2D eigenvalue weighted by molar-refractivity contribution is 6.30. The third-order valence-corrected chi connectivity index (χ3v) is 6.67. The number of fused-ring (bicyclic) bond motifs is 1. The number of nitrogens with zero attached hydrogens (tertiary/aromatic N) is 3. The minimum absolute atomic E-state index is 0.0126. The van der Waals surface area contributed by atoms with Crippen LogP contribution >= 0.6 is 11.6 Å². The summed E-state index contributed by atoms with van der Waals surface area (Å²) in [5.41, 5.74) is 1.00. The van der Waals surface area contributed by atoms with Gasteiger partial charge in [-0.05, 0) is 56.3 Å². The molecule has 0 saturated carbocycles. The second kappa shape index (κ2) is 13.2. The number of hydrogen-bond acceptors (Lipinski definition) is 7. The Bertz CT molecular complexity index is 1620. The summed E-state index contributed by atoms with van der Waals surface area (Å²) in [5, 5.41) is 3.72. The van der Waals surface area contributed by atoms with Crippen LogP contribution in [0.1, 0.15) is 32.1 Å². The van der Waals surface area contributed by atoms with Crippen molar-refractivity contribution < 1.29 is 23.8 Å². The summed E-state index contributed by atoms with van der Waals surface area (Å²) < 4.78 is 17.5. The van der Waals surface area contributed by atoms with Crippen LogP contribution in [0.2, 0.25) is 5.02 Å². The number of urea groups is 1. The predicted octanol–water partition coefficient (Wildman–Crippen LogP) is 5.82. The van der Waals surface area contributed by atoms with Crippen LogP contribution in [0.25, 0.3) is 10.9 Å². The Morgan fingerprint density at radius 2 is 1.83 bits per heavy atom. The second-order valence-electron chi connectivity index (χ2n) is 9.02. The van der Waals surface area contributed by atoms with E-state index in [1.54, 1.807) is 80.6 Å². The van der Waals surface area contributed by atoms with Gasteiger partial charge in [-0.15, -0.1) is 0 Å². The average Bonchev–Trinajstić information content (AvgIpc) is 2.97.